The zero-order valence-corrected chi connectivity index (χ0v) is 11.1. The highest BCUT2D eigenvalue weighted by Gasteiger charge is 2.20. The maximum absolute atomic E-state index is 12.8. The van der Waals surface area contributed by atoms with Crippen molar-refractivity contribution in [1.29, 1.82) is 0 Å². The average molecular weight is 346 g/mol. The van der Waals surface area contributed by atoms with Crippen LogP contribution in [0.2, 0.25) is 0 Å². The summed E-state index contributed by atoms with van der Waals surface area (Å²) in [5.74, 6) is 0. The van der Waals surface area contributed by atoms with Gasteiger partial charge in [-0.15, -0.1) is 0 Å². The Morgan fingerprint density at radius 2 is 2.06 bits per heavy atom. The molecule has 0 spiro atoms. The number of imidazole rings is 1. The molecule has 0 aliphatic carbocycles. The molecule has 0 saturated carbocycles. The van der Waals surface area contributed by atoms with Crippen LogP contribution in [-0.2, 0) is 9.05 Å². The van der Waals surface area contributed by atoms with Gasteiger partial charge in [-0.1, -0.05) is 0 Å². The van der Waals surface area contributed by atoms with Gasteiger partial charge in [-0.05, 0) is 28.1 Å². The lowest BCUT2D eigenvalue weighted by molar-refractivity contribution is 0.152. The first-order valence-electron chi connectivity index (χ1n) is 4.21. The topological polar surface area (TPSA) is 62.8 Å². The summed E-state index contributed by atoms with van der Waals surface area (Å²) in [6.45, 7) is 0. The third-order valence-electron chi connectivity index (χ3n) is 2.08. The van der Waals surface area contributed by atoms with Crippen LogP contribution in [0.25, 0.3) is 11.0 Å². The third kappa shape index (κ3) is 2.43. The van der Waals surface area contributed by atoms with Crippen LogP contribution in [0.5, 0.6) is 0 Å². The van der Waals surface area contributed by atoms with Gasteiger partial charge >= 0.3 is 0 Å². The normalized spacial score (nSPS) is 12.5. The Morgan fingerprint density at radius 3 is 2.59 bits per heavy atom. The summed E-state index contributed by atoms with van der Waals surface area (Å²) in [5.41, 5.74) is -0.298. The minimum absolute atomic E-state index is 0.0101. The highest BCUT2D eigenvalue weighted by atomic mass is 79.9. The van der Waals surface area contributed by atoms with Gasteiger partial charge in [0.2, 0.25) is 0 Å². The number of nitrogens with one attached hydrogen (secondary N) is 1. The van der Waals surface area contributed by atoms with Gasteiger partial charge in [-0.2, -0.15) is 0 Å². The number of benzene rings is 1. The number of halogens is 4. The smallest absolute Gasteiger partial charge is 0.266 e. The minimum Gasteiger partial charge on any atom is -0.332 e. The summed E-state index contributed by atoms with van der Waals surface area (Å²) < 4.78 is 48.0. The van der Waals surface area contributed by atoms with E-state index in [9.17, 15) is 17.2 Å². The molecule has 0 amide bonds. The lowest BCUT2D eigenvalue weighted by Gasteiger charge is -2.03. The van der Waals surface area contributed by atoms with Crippen LogP contribution >= 0.6 is 26.6 Å². The Labute approximate surface area is 108 Å². The van der Waals surface area contributed by atoms with Crippen molar-refractivity contribution < 1.29 is 17.2 Å². The summed E-state index contributed by atoms with van der Waals surface area (Å²) in [4.78, 5) is 6.03. The standard InChI is InChI=1S/C8H4BrClF2N2O2S/c9-8-13-5-2-3(17(10,15)16)1-4(7(11)12)6(5)14-8/h1-2,7H,(H,13,14). The molecule has 1 aromatic carbocycles. The van der Waals surface area contributed by atoms with Gasteiger partial charge in [0.15, 0.2) is 4.73 Å². The second-order valence-electron chi connectivity index (χ2n) is 3.17. The van der Waals surface area contributed by atoms with E-state index >= 15 is 0 Å². The van der Waals surface area contributed by atoms with Gasteiger partial charge in [-0.3, -0.25) is 0 Å². The van der Waals surface area contributed by atoms with Crippen LogP contribution in [0.15, 0.2) is 21.8 Å². The van der Waals surface area contributed by atoms with E-state index in [0.29, 0.717) is 0 Å². The predicted octanol–water partition coefficient (Wildman–Crippen LogP) is 3.19. The van der Waals surface area contributed by atoms with Crippen molar-refractivity contribution in [2.45, 2.75) is 11.3 Å². The van der Waals surface area contributed by atoms with Crippen molar-refractivity contribution in [3.8, 4) is 0 Å². The highest BCUT2D eigenvalue weighted by Crippen LogP contribution is 2.31. The second kappa shape index (κ2) is 4.18. The van der Waals surface area contributed by atoms with E-state index in [0.717, 1.165) is 12.1 Å². The molecule has 2 rings (SSSR count). The lowest BCUT2D eigenvalue weighted by Crippen LogP contribution is -1.95. The number of alkyl halides is 2. The van der Waals surface area contributed by atoms with E-state index in [2.05, 4.69) is 25.9 Å². The summed E-state index contributed by atoms with van der Waals surface area (Å²) >= 11 is 2.99. The molecular formula is C8H4BrClF2N2O2S. The molecule has 0 bridgehead atoms. The van der Waals surface area contributed by atoms with Crippen molar-refractivity contribution >= 4 is 46.7 Å². The quantitative estimate of drug-likeness (QED) is 0.850. The van der Waals surface area contributed by atoms with Crippen molar-refractivity contribution in [2.75, 3.05) is 0 Å². The molecule has 9 heteroatoms. The zero-order chi connectivity index (χ0) is 12.8. The first kappa shape index (κ1) is 12.7. The number of aromatic nitrogens is 2. The van der Waals surface area contributed by atoms with E-state index in [1.165, 1.54) is 0 Å². The van der Waals surface area contributed by atoms with Gasteiger partial charge in [0.25, 0.3) is 15.5 Å². The molecule has 1 heterocycles. The van der Waals surface area contributed by atoms with Gasteiger partial charge in [0.1, 0.15) is 0 Å². The third-order valence-corrected chi connectivity index (χ3v) is 3.79. The summed E-state index contributed by atoms with van der Waals surface area (Å²) in [7, 11) is 1.06. The van der Waals surface area contributed by atoms with E-state index in [1.54, 1.807) is 0 Å². The molecule has 17 heavy (non-hydrogen) atoms. The molecule has 2 aromatic rings. The Hall–Kier alpha value is -0.730. The lowest BCUT2D eigenvalue weighted by atomic mass is 10.2. The number of hydrogen-bond donors (Lipinski definition) is 1. The molecule has 1 aromatic heterocycles. The molecule has 0 atom stereocenters. The number of aromatic amines is 1. The van der Waals surface area contributed by atoms with Gasteiger partial charge in [0, 0.05) is 16.2 Å². The van der Waals surface area contributed by atoms with Crippen molar-refractivity contribution in [1.82, 2.24) is 9.97 Å². The van der Waals surface area contributed by atoms with Crippen molar-refractivity contribution in [3.63, 3.8) is 0 Å². The maximum atomic E-state index is 12.8. The molecule has 0 fully saturated rings. The van der Waals surface area contributed by atoms with E-state index in [1.807, 2.05) is 0 Å². The van der Waals surface area contributed by atoms with Crippen LogP contribution in [0.4, 0.5) is 8.78 Å². The fourth-order valence-electron chi connectivity index (χ4n) is 1.39. The fraction of sp³-hybridized carbons (Fsp3) is 0.125. The van der Waals surface area contributed by atoms with Crippen LogP contribution in [0.1, 0.15) is 12.0 Å². The summed E-state index contributed by atoms with van der Waals surface area (Å²) in [6.07, 6.45) is -2.84. The van der Waals surface area contributed by atoms with Crippen LogP contribution in [0, 0.1) is 0 Å². The molecule has 1 N–H and O–H groups in total. The van der Waals surface area contributed by atoms with Crippen LogP contribution < -0.4 is 0 Å². The molecule has 0 unspecified atom stereocenters. The SMILES string of the molecule is O=S(=O)(Cl)c1cc(C(F)F)c2nc(Br)[nH]c2c1. The summed E-state index contributed by atoms with van der Waals surface area (Å²) in [5, 5.41) is 0. The van der Waals surface area contributed by atoms with Gasteiger partial charge in [-0.25, -0.2) is 22.2 Å². The van der Waals surface area contributed by atoms with Crippen LogP contribution in [0.3, 0.4) is 0 Å². The Morgan fingerprint density at radius 1 is 1.41 bits per heavy atom. The molecule has 0 aliphatic rings. The first-order chi connectivity index (χ1) is 7.79. The Balaban J connectivity index is 2.85. The zero-order valence-electron chi connectivity index (χ0n) is 7.92. The molecule has 0 aliphatic heterocycles. The number of hydrogen-bond acceptors (Lipinski definition) is 3. The van der Waals surface area contributed by atoms with E-state index in [-0.39, 0.29) is 15.8 Å². The Bertz CT molecular complexity index is 686. The average Bonchev–Trinajstić information content (AvgIpc) is 2.54. The number of H-pyrrole nitrogens is 1. The van der Waals surface area contributed by atoms with Gasteiger partial charge in [0.05, 0.1) is 15.9 Å². The Kier molecular flexibility index (Phi) is 3.13. The first-order valence-corrected chi connectivity index (χ1v) is 7.31. The highest BCUT2D eigenvalue weighted by molar-refractivity contribution is 9.10. The second-order valence-corrected chi connectivity index (χ2v) is 6.49. The molecule has 4 nitrogen and oxygen atoms in total. The minimum atomic E-state index is -4.07. The van der Waals surface area contributed by atoms with E-state index < -0.39 is 25.9 Å². The van der Waals surface area contributed by atoms with Gasteiger partial charge < -0.3 is 4.98 Å². The largest absolute Gasteiger partial charge is 0.332 e. The van der Waals surface area contributed by atoms with Crippen LogP contribution in [-0.4, -0.2) is 18.4 Å². The molecule has 92 valence electrons. The number of nitrogens with zero attached hydrogens (tertiary/aromatic N) is 1. The van der Waals surface area contributed by atoms with Crippen molar-refractivity contribution in [3.05, 3.63) is 22.4 Å². The monoisotopic (exact) mass is 344 g/mol. The molecule has 0 saturated heterocycles. The predicted molar refractivity (Wildman–Crippen MR) is 61.8 cm³/mol. The van der Waals surface area contributed by atoms with E-state index in [4.69, 9.17) is 10.7 Å². The number of rotatable bonds is 2. The molecular weight excluding hydrogens is 342 g/mol. The summed E-state index contributed by atoms with van der Waals surface area (Å²) in [6, 6.07) is 1.98. The molecule has 0 radical (unpaired) electrons. The number of fused-ring (bicyclic) bond motifs is 1. The van der Waals surface area contributed by atoms with Crippen molar-refractivity contribution in [2.24, 2.45) is 0 Å². The maximum Gasteiger partial charge on any atom is 0.266 e. The fourth-order valence-corrected chi connectivity index (χ4v) is 2.58.